The number of aromatic hydroxyl groups is 1. The molecule has 3 rings (SSSR count). The Kier molecular flexibility index (Phi) is 2.65. The first-order chi connectivity index (χ1) is 8.84. The third kappa shape index (κ3) is 1.91. The Labute approximate surface area is 105 Å². The van der Waals surface area contributed by atoms with Crippen LogP contribution < -0.4 is 0 Å². The highest BCUT2D eigenvalue weighted by Crippen LogP contribution is 2.31. The SMILES string of the molecule is Oc1cccc(C(c2ccc[nH]2)c2ccc[nH]2)c1. The highest BCUT2D eigenvalue weighted by atomic mass is 16.3. The summed E-state index contributed by atoms with van der Waals surface area (Å²) >= 11 is 0. The standard InChI is InChI=1S/C15H14N2O/c18-12-5-1-4-11(10-12)15(13-6-2-8-16-13)14-7-3-9-17-14/h1-10,15-18H. The molecule has 18 heavy (non-hydrogen) atoms. The van der Waals surface area contributed by atoms with Gasteiger partial charge in [-0.05, 0) is 42.0 Å². The summed E-state index contributed by atoms with van der Waals surface area (Å²) in [6, 6.07) is 15.4. The zero-order chi connectivity index (χ0) is 12.4. The number of H-pyrrole nitrogens is 2. The number of aromatic amines is 2. The second kappa shape index (κ2) is 4.45. The molecule has 0 fully saturated rings. The minimum Gasteiger partial charge on any atom is -0.508 e. The van der Waals surface area contributed by atoms with Crippen LogP contribution in [0.1, 0.15) is 22.9 Å². The quantitative estimate of drug-likeness (QED) is 0.644. The molecule has 3 aromatic rings. The maximum atomic E-state index is 9.64. The van der Waals surface area contributed by atoms with Gasteiger partial charge in [0.15, 0.2) is 0 Å². The lowest BCUT2D eigenvalue weighted by Gasteiger charge is -2.15. The van der Waals surface area contributed by atoms with Gasteiger partial charge >= 0.3 is 0 Å². The van der Waals surface area contributed by atoms with E-state index < -0.39 is 0 Å². The molecule has 1 aromatic carbocycles. The van der Waals surface area contributed by atoms with Gasteiger partial charge in [-0.25, -0.2) is 0 Å². The van der Waals surface area contributed by atoms with Gasteiger partial charge in [0.2, 0.25) is 0 Å². The lowest BCUT2D eigenvalue weighted by atomic mass is 9.92. The molecule has 3 N–H and O–H groups in total. The molecule has 90 valence electrons. The Balaban J connectivity index is 2.11. The first-order valence-corrected chi connectivity index (χ1v) is 5.90. The molecule has 0 saturated heterocycles. The number of phenolic OH excluding ortho intramolecular Hbond substituents is 1. The number of hydrogen-bond acceptors (Lipinski definition) is 1. The summed E-state index contributed by atoms with van der Waals surface area (Å²) in [5, 5.41) is 9.64. The fourth-order valence-corrected chi connectivity index (χ4v) is 2.28. The van der Waals surface area contributed by atoms with Gasteiger partial charge in [-0.3, -0.25) is 0 Å². The van der Waals surface area contributed by atoms with E-state index in [1.807, 2.05) is 36.7 Å². The molecule has 0 aliphatic rings. The van der Waals surface area contributed by atoms with Crippen LogP contribution in [0.4, 0.5) is 0 Å². The van der Waals surface area contributed by atoms with Crippen LogP contribution in [-0.2, 0) is 0 Å². The van der Waals surface area contributed by atoms with Crippen LogP contribution in [0.2, 0.25) is 0 Å². The van der Waals surface area contributed by atoms with Crippen molar-refractivity contribution in [2.45, 2.75) is 5.92 Å². The average Bonchev–Trinajstić information content (AvgIpc) is 3.02. The summed E-state index contributed by atoms with van der Waals surface area (Å²) in [6.45, 7) is 0. The van der Waals surface area contributed by atoms with E-state index in [1.165, 1.54) is 0 Å². The molecule has 0 unspecified atom stereocenters. The number of rotatable bonds is 3. The summed E-state index contributed by atoms with van der Waals surface area (Å²) in [5.41, 5.74) is 3.26. The van der Waals surface area contributed by atoms with Crippen molar-refractivity contribution in [3.8, 4) is 5.75 Å². The van der Waals surface area contributed by atoms with E-state index in [0.717, 1.165) is 17.0 Å². The maximum absolute atomic E-state index is 9.64. The highest BCUT2D eigenvalue weighted by molar-refractivity contribution is 5.40. The minimum atomic E-state index is 0.0853. The van der Waals surface area contributed by atoms with Crippen molar-refractivity contribution >= 4 is 0 Å². The number of nitrogens with one attached hydrogen (secondary N) is 2. The molecule has 0 aliphatic carbocycles. The van der Waals surface area contributed by atoms with Crippen molar-refractivity contribution in [3.05, 3.63) is 77.9 Å². The third-order valence-corrected chi connectivity index (χ3v) is 3.07. The number of benzene rings is 1. The van der Waals surface area contributed by atoms with Gasteiger partial charge in [0, 0.05) is 23.8 Å². The number of hydrogen-bond donors (Lipinski definition) is 3. The number of aromatic nitrogens is 2. The second-order valence-electron chi connectivity index (χ2n) is 4.28. The van der Waals surface area contributed by atoms with Crippen molar-refractivity contribution < 1.29 is 5.11 Å². The summed E-state index contributed by atoms with van der Waals surface area (Å²) in [6.07, 6.45) is 3.82. The molecule has 2 heterocycles. The van der Waals surface area contributed by atoms with Gasteiger partial charge in [0.25, 0.3) is 0 Å². The average molecular weight is 238 g/mol. The summed E-state index contributed by atoms with van der Waals surface area (Å²) in [5.74, 6) is 0.373. The molecule has 0 atom stereocenters. The van der Waals surface area contributed by atoms with Gasteiger partial charge in [-0.15, -0.1) is 0 Å². The van der Waals surface area contributed by atoms with Crippen LogP contribution >= 0.6 is 0 Å². The predicted molar refractivity (Wildman–Crippen MR) is 70.6 cm³/mol. The van der Waals surface area contributed by atoms with E-state index in [-0.39, 0.29) is 11.7 Å². The first kappa shape index (κ1) is 10.7. The van der Waals surface area contributed by atoms with E-state index in [4.69, 9.17) is 0 Å². The predicted octanol–water partition coefficient (Wildman–Crippen LogP) is 3.23. The van der Waals surface area contributed by atoms with E-state index in [9.17, 15) is 5.11 Å². The highest BCUT2D eigenvalue weighted by Gasteiger charge is 2.18. The van der Waals surface area contributed by atoms with E-state index in [1.54, 1.807) is 12.1 Å². The fraction of sp³-hybridized carbons (Fsp3) is 0.0667. The normalized spacial score (nSPS) is 10.9. The summed E-state index contributed by atoms with van der Waals surface area (Å²) < 4.78 is 0. The lowest BCUT2D eigenvalue weighted by molar-refractivity contribution is 0.474. The molecule has 0 radical (unpaired) electrons. The van der Waals surface area contributed by atoms with Crippen LogP contribution in [-0.4, -0.2) is 15.1 Å². The molecule has 0 aliphatic heterocycles. The van der Waals surface area contributed by atoms with Crippen molar-refractivity contribution in [2.24, 2.45) is 0 Å². The van der Waals surface area contributed by atoms with Crippen molar-refractivity contribution in [1.29, 1.82) is 0 Å². The topological polar surface area (TPSA) is 51.8 Å². The molecule has 3 nitrogen and oxygen atoms in total. The molecular weight excluding hydrogens is 224 g/mol. The van der Waals surface area contributed by atoms with Crippen LogP contribution in [0.3, 0.4) is 0 Å². The van der Waals surface area contributed by atoms with Gasteiger partial charge in [-0.1, -0.05) is 12.1 Å². The largest absolute Gasteiger partial charge is 0.508 e. The maximum Gasteiger partial charge on any atom is 0.115 e. The van der Waals surface area contributed by atoms with Gasteiger partial charge in [0.05, 0.1) is 5.92 Å². The fourth-order valence-electron chi connectivity index (χ4n) is 2.28. The Morgan fingerprint density at radius 2 is 1.50 bits per heavy atom. The van der Waals surface area contributed by atoms with Crippen molar-refractivity contribution in [3.63, 3.8) is 0 Å². The molecule has 2 aromatic heterocycles. The number of phenols is 1. The van der Waals surface area contributed by atoms with Crippen LogP contribution in [0, 0.1) is 0 Å². The van der Waals surface area contributed by atoms with Crippen LogP contribution in [0.5, 0.6) is 5.75 Å². The zero-order valence-corrected chi connectivity index (χ0v) is 9.80. The van der Waals surface area contributed by atoms with E-state index in [0.29, 0.717) is 0 Å². The van der Waals surface area contributed by atoms with Crippen LogP contribution in [0.25, 0.3) is 0 Å². The Hall–Kier alpha value is -2.42. The Bertz CT molecular complexity index is 578. The minimum absolute atomic E-state index is 0.0853. The third-order valence-electron chi connectivity index (χ3n) is 3.07. The van der Waals surface area contributed by atoms with Crippen LogP contribution in [0.15, 0.2) is 60.9 Å². The van der Waals surface area contributed by atoms with Crippen molar-refractivity contribution in [1.82, 2.24) is 9.97 Å². The summed E-state index contributed by atoms with van der Waals surface area (Å²) in [4.78, 5) is 6.48. The Morgan fingerprint density at radius 3 is 2.00 bits per heavy atom. The Morgan fingerprint density at radius 1 is 0.833 bits per heavy atom. The molecule has 3 heteroatoms. The monoisotopic (exact) mass is 238 g/mol. The van der Waals surface area contributed by atoms with E-state index in [2.05, 4.69) is 22.1 Å². The lowest BCUT2D eigenvalue weighted by Crippen LogP contribution is -2.03. The molecule has 0 bridgehead atoms. The van der Waals surface area contributed by atoms with Crippen molar-refractivity contribution in [2.75, 3.05) is 0 Å². The molecule has 0 spiro atoms. The van der Waals surface area contributed by atoms with E-state index >= 15 is 0 Å². The molecule has 0 saturated carbocycles. The second-order valence-corrected chi connectivity index (χ2v) is 4.28. The van der Waals surface area contributed by atoms with Gasteiger partial charge in [-0.2, -0.15) is 0 Å². The van der Waals surface area contributed by atoms with Gasteiger partial charge in [0.1, 0.15) is 5.75 Å². The zero-order valence-electron chi connectivity index (χ0n) is 9.80. The summed E-state index contributed by atoms with van der Waals surface area (Å²) in [7, 11) is 0. The van der Waals surface area contributed by atoms with Gasteiger partial charge < -0.3 is 15.1 Å². The molecule has 0 amide bonds. The molecular formula is C15H14N2O. The first-order valence-electron chi connectivity index (χ1n) is 5.90. The smallest absolute Gasteiger partial charge is 0.115 e.